The van der Waals surface area contributed by atoms with Crippen LogP contribution in [0.5, 0.6) is 0 Å². The minimum absolute atomic E-state index is 0.0330. The lowest BCUT2D eigenvalue weighted by molar-refractivity contribution is 0.0110. The fraction of sp³-hybridized carbons (Fsp3) is 0.261. The highest BCUT2D eigenvalue weighted by Gasteiger charge is 2.29. The lowest BCUT2D eigenvalue weighted by Crippen LogP contribution is -2.31. The van der Waals surface area contributed by atoms with Gasteiger partial charge in [0.15, 0.2) is 11.0 Å². The highest BCUT2D eigenvalue weighted by molar-refractivity contribution is 6.31. The molecule has 2 aromatic carbocycles. The molecule has 1 aromatic heterocycles. The third kappa shape index (κ3) is 4.52. The Morgan fingerprint density at radius 1 is 1.12 bits per heavy atom. The van der Waals surface area contributed by atoms with E-state index in [1.165, 1.54) is 6.20 Å². The number of rotatable bonds is 7. The summed E-state index contributed by atoms with van der Waals surface area (Å²) in [5, 5.41) is 22.9. The van der Waals surface area contributed by atoms with Gasteiger partial charge in [0.1, 0.15) is 12.7 Å². The predicted molar refractivity (Wildman–Crippen MR) is 120 cm³/mol. The van der Waals surface area contributed by atoms with Crippen molar-refractivity contribution in [3.8, 4) is 11.1 Å². The summed E-state index contributed by atoms with van der Waals surface area (Å²) >= 11 is 5.80. The molecule has 0 fully saturated rings. The molecule has 3 aromatic rings. The molecular weight excluding hydrogens is 432 g/mol. The van der Waals surface area contributed by atoms with E-state index < -0.39 is 18.3 Å². The Morgan fingerprint density at radius 2 is 1.75 bits per heavy atom. The van der Waals surface area contributed by atoms with Crippen molar-refractivity contribution >= 4 is 23.5 Å². The number of halogens is 1. The minimum atomic E-state index is -1.31. The number of amides is 1. The van der Waals surface area contributed by atoms with Gasteiger partial charge >= 0.3 is 6.09 Å². The number of aliphatic hydroxyl groups excluding tert-OH is 2. The van der Waals surface area contributed by atoms with Crippen LogP contribution in [-0.2, 0) is 4.74 Å². The van der Waals surface area contributed by atoms with Crippen LogP contribution < -0.4 is 11.1 Å². The first-order chi connectivity index (χ1) is 15.5. The number of fused-ring (bicyclic) bond motifs is 3. The molecule has 9 heteroatoms. The van der Waals surface area contributed by atoms with Gasteiger partial charge in [-0.3, -0.25) is 0 Å². The SMILES string of the molecule is Nc1ncc(C(O)C(O)CCNC(=O)OCC2c3ccccc3-c3ccccc32)nc1Cl. The van der Waals surface area contributed by atoms with Crippen LogP contribution in [0.15, 0.2) is 54.7 Å². The summed E-state index contributed by atoms with van der Waals surface area (Å²) in [6.45, 7) is 0.301. The summed E-state index contributed by atoms with van der Waals surface area (Å²) in [4.78, 5) is 19.9. The number of hydrogen-bond donors (Lipinski definition) is 4. The number of ether oxygens (including phenoxy) is 1. The van der Waals surface area contributed by atoms with Gasteiger partial charge in [-0.15, -0.1) is 0 Å². The number of nitrogens with zero attached hydrogens (tertiary/aromatic N) is 2. The number of nitrogen functional groups attached to an aromatic ring is 1. The normalized spacial score (nSPS) is 14.3. The Kier molecular flexibility index (Phi) is 6.55. The molecule has 4 rings (SSSR count). The molecule has 2 unspecified atom stereocenters. The number of aromatic nitrogens is 2. The number of carbonyl (C=O) groups is 1. The molecule has 0 spiro atoms. The van der Waals surface area contributed by atoms with Gasteiger partial charge in [0, 0.05) is 12.5 Å². The van der Waals surface area contributed by atoms with Crippen LogP contribution in [0, 0.1) is 0 Å². The van der Waals surface area contributed by atoms with Crippen LogP contribution in [-0.4, -0.2) is 45.5 Å². The van der Waals surface area contributed by atoms with Gasteiger partial charge in [-0.1, -0.05) is 60.1 Å². The molecule has 1 aliphatic carbocycles. The van der Waals surface area contributed by atoms with Crippen molar-refractivity contribution in [3.05, 3.63) is 76.7 Å². The average Bonchev–Trinajstić information content (AvgIpc) is 3.12. The zero-order valence-corrected chi connectivity index (χ0v) is 17.9. The van der Waals surface area contributed by atoms with Gasteiger partial charge in [-0.05, 0) is 28.7 Å². The van der Waals surface area contributed by atoms with E-state index in [9.17, 15) is 15.0 Å². The number of carbonyl (C=O) groups excluding carboxylic acids is 1. The molecule has 32 heavy (non-hydrogen) atoms. The van der Waals surface area contributed by atoms with E-state index in [4.69, 9.17) is 22.1 Å². The summed E-state index contributed by atoms with van der Waals surface area (Å²) in [7, 11) is 0. The zero-order chi connectivity index (χ0) is 22.7. The number of aliphatic hydroxyl groups is 2. The number of benzene rings is 2. The molecule has 0 radical (unpaired) electrons. The van der Waals surface area contributed by atoms with Gasteiger partial charge in [-0.2, -0.15) is 0 Å². The molecule has 0 saturated heterocycles. The molecule has 1 aliphatic rings. The van der Waals surface area contributed by atoms with Crippen LogP contribution in [0.1, 0.15) is 35.3 Å². The van der Waals surface area contributed by atoms with E-state index in [1.54, 1.807) is 0 Å². The van der Waals surface area contributed by atoms with Crippen molar-refractivity contribution in [1.82, 2.24) is 15.3 Å². The van der Waals surface area contributed by atoms with Crippen LogP contribution in [0.25, 0.3) is 11.1 Å². The van der Waals surface area contributed by atoms with Crippen LogP contribution in [0.4, 0.5) is 10.6 Å². The van der Waals surface area contributed by atoms with E-state index >= 15 is 0 Å². The summed E-state index contributed by atoms with van der Waals surface area (Å²) < 4.78 is 5.45. The van der Waals surface area contributed by atoms with Crippen molar-refractivity contribution in [2.24, 2.45) is 0 Å². The molecule has 1 amide bonds. The number of hydrogen-bond acceptors (Lipinski definition) is 7. The molecule has 0 bridgehead atoms. The average molecular weight is 455 g/mol. The number of anilines is 1. The lowest BCUT2D eigenvalue weighted by Gasteiger charge is -2.18. The Bertz CT molecular complexity index is 1080. The third-order valence-corrected chi connectivity index (χ3v) is 5.77. The van der Waals surface area contributed by atoms with E-state index in [0.717, 1.165) is 22.3 Å². The van der Waals surface area contributed by atoms with Crippen molar-refractivity contribution in [1.29, 1.82) is 0 Å². The quantitative estimate of drug-likeness (QED) is 0.431. The fourth-order valence-corrected chi connectivity index (χ4v) is 4.00. The second kappa shape index (κ2) is 9.52. The third-order valence-electron chi connectivity index (χ3n) is 5.50. The van der Waals surface area contributed by atoms with Crippen LogP contribution in [0.3, 0.4) is 0 Å². The molecule has 166 valence electrons. The lowest BCUT2D eigenvalue weighted by atomic mass is 9.98. The second-order valence-corrected chi connectivity index (χ2v) is 7.88. The first kappa shape index (κ1) is 22.0. The molecule has 0 saturated carbocycles. The predicted octanol–water partition coefficient (Wildman–Crippen LogP) is 3.04. The molecule has 0 aliphatic heterocycles. The summed E-state index contributed by atoms with van der Waals surface area (Å²) in [6, 6.07) is 16.2. The van der Waals surface area contributed by atoms with E-state index in [0.29, 0.717) is 0 Å². The van der Waals surface area contributed by atoms with E-state index in [2.05, 4.69) is 27.4 Å². The van der Waals surface area contributed by atoms with E-state index in [1.807, 2.05) is 36.4 Å². The highest BCUT2D eigenvalue weighted by Crippen LogP contribution is 2.44. The minimum Gasteiger partial charge on any atom is -0.449 e. The fourth-order valence-electron chi connectivity index (χ4n) is 3.86. The van der Waals surface area contributed by atoms with Crippen molar-refractivity contribution in [2.45, 2.75) is 24.5 Å². The van der Waals surface area contributed by atoms with Crippen molar-refractivity contribution in [2.75, 3.05) is 18.9 Å². The van der Waals surface area contributed by atoms with Gasteiger partial charge in [-0.25, -0.2) is 14.8 Å². The molecule has 8 nitrogen and oxygen atoms in total. The monoisotopic (exact) mass is 454 g/mol. The van der Waals surface area contributed by atoms with E-state index in [-0.39, 0.29) is 42.2 Å². The first-order valence-electron chi connectivity index (χ1n) is 10.2. The zero-order valence-electron chi connectivity index (χ0n) is 17.1. The Hall–Kier alpha value is -3.20. The second-order valence-electron chi connectivity index (χ2n) is 7.52. The van der Waals surface area contributed by atoms with Crippen molar-refractivity contribution in [3.63, 3.8) is 0 Å². The van der Waals surface area contributed by atoms with Gasteiger partial charge < -0.3 is 26.0 Å². The van der Waals surface area contributed by atoms with Crippen LogP contribution >= 0.6 is 11.6 Å². The molecule has 1 heterocycles. The van der Waals surface area contributed by atoms with Crippen molar-refractivity contribution < 1.29 is 19.7 Å². The summed E-state index contributed by atoms with van der Waals surface area (Å²) in [6.07, 6.45) is -1.77. The molecular formula is C23H23ClN4O4. The summed E-state index contributed by atoms with van der Waals surface area (Å²) in [5.41, 5.74) is 10.2. The highest BCUT2D eigenvalue weighted by atomic mass is 35.5. The van der Waals surface area contributed by atoms with Gasteiger partial charge in [0.05, 0.1) is 18.0 Å². The standard InChI is InChI=1S/C23H23ClN4O4/c24-21-22(25)27-11-18(28-21)20(30)19(29)9-10-26-23(31)32-12-17-15-7-3-1-5-13(15)14-6-2-4-8-16(14)17/h1-8,11,17,19-20,29-30H,9-10,12H2,(H2,25,27)(H,26,31). The number of alkyl carbamates (subject to hydrolysis) is 1. The molecule has 2 atom stereocenters. The largest absolute Gasteiger partial charge is 0.449 e. The Morgan fingerprint density at radius 3 is 2.38 bits per heavy atom. The van der Waals surface area contributed by atoms with Crippen LogP contribution in [0.2, 0.25) is 5.15 Å². The maximum absolute atomic E-state index is 12.2. The maximum Gasteiger partial charge on any atom is 0.407 e. The van der Waals surface area contributed by atoms with Gasteiger partial charge in [0.25, 0.3) is 0 Å². The molecule has 5 N–H and O–H groups in total. The van der Waals surface area contributed by atoms with Gasteiger partial charge in [0.2, 0.25) is 0 Å². The Labute approximate surface area is 190 Å². The summed E-state index contributed by atoms with van der Waals surface area (Å²) in [5.74, 6) is 0.00318. The maximum atomic E-state index is 12.2. The Balaban J connectivity index is 1.28. The topological polar surface area (TPSA) is 131 Å². The first-order valence-corrected chi connectivity index (χ1v) is 10.6. The number of nitrogens with two attached hydrogens (primary N) is 1. The number of nitrogens with one attached hydrogen (secondary N) is 1. The smallest absolute Gasteiger partial charge is 0.407 e.